The van der Waals surface area contributed by atoms with E-state index >= 15 is 0 Å². The van der Waals surface area contributed by atoms with Crippen molar-refractivity contribution in [2.24, 2.45) is 5.73 Å². The van der Waals surface area contributed by atoms with Gasteiger partial charge in [0.15, 0.2) is 0 Å². The van der Waals surface area contributed by atoms with Gasteiger partial charge in [0.25, 0.3) is 0 Å². The molecule has 0 fully saturated rings. The first-order valence-corrected chi connectivity index (χ1v) is 7.46. The molecular formula is C16H17BrClNO. The Morgan fingerprint density at radius 1 is 1.15 bits per heavy atom. The summed E-state index contributed by atoms with van der Waals surface area (Å²) in [5.41, 5.74) is 10.6. The third-order valence-corrected chi connectivity index (χ3v) is 4.44. The molecule has 0 bridgehead atoms. The molecule has 0 saturated carbocycles. The smallest absolute Gasteiger partial charge is 0.133 e. The molecule has 0 radical (unpaired) electrons. The Morgan fingerprint density at radius 3 is 2.45 bits per heavy atom. The topological polar surface area (TPSA) is 35.2 Å². The summed E-state index contributed by atoms with van der Waals surface area (Å²) >= 11 is 9.63. The summed E-state index contributed by atoms with van der Waals surface area (Å²) in [6.07, 6.45) is 0. The minimum Gasteiger partial charge on any atom is -0.496 e. The minimum absolute atomic E-state index is 0.187. The Balaban J connectivity index is 2.43. The average molecular weight is 355 g/mol. The Kier molecular flexibility index (Phi) is 4.74. The Labute approximate surface area is 133 Å². The van der Waals surface area contributed by atoms with Gasteiger partial charge in [-0.15, -0.1) is 0 Å². The maximum Gasteiger partial charge on any atom is 0.133 e. The zero-order valence-corrected chi connectivity index (χ0v) is 14.0. The third kappa shape index (κ3) is 3.00. The van der Waals surface area contributed by atoms with Crippen LogP contribution >= 0.6 is 27.5 Å². The molecule has 0 aliphatic heterocycles. The van der Waals surface area contributed by atoms with E-state index in [1.54, 1.807) is 7.11 Å². The number of methoxy groups -OCH3 is 1. The first-order valence-electron chi connectivity index (χ1n) is 6.29. The molecule has 0 heterocycles. The van der Waals surface area contributed by atoms with Crippen LogP contribution in [0.2, 0.25) is 5.02 Å². The van der Waals surface area contributed by atoms with Gasteiger partial charge in [-0.3, -0.25) is 0 Å². The number of ether oxygens (including phenoxy) is 1. The molecule has 106 valence electrons. The highest BCUT2D eigenvalue weighted by atomic mass is 79.9. The Hall–Kier alpha value is -1.03. The third-order valence-electron chi connectivity index (χ3n) is 3.42. The summed E-state index contributed by atoms with van der Waals surface area (Å²) in [5.74, 6) is 0.796. The predicted molar refractivity (Wildman–Crippen MR) is 87.7 cm³/mol. The number of nitrogens with two attached hydrogens (primary N) is 1. The molecule has 2 rings (SSSR count). The van der Waals surface area contributed by atoms with Crippen molar-refractivity contribution >= 4 is 27.5 Å². The van der Waals surface area contributed by atoms with Crippen molar-refractivity contribution in [3.8, 4) is 5.75 Å². The van der Waals surface area contributed by atoms with Gasteiger partial charge >= 0.3 is 0 Å². The normalized spacial score (nSPS) is 12.3. The summed E-state index contributed by atoms with van der Waals surface area (Å²) in [4.78, 5) is 0. The van der Waals surface area contributed by atoms with E-state index in [9.17, 15) is 0 Å². The van der Waals surface area contributed by atoms with Gasteiger partial charge in [-0.25, -0.2) is 0 Å². The number of halogens is 2. The standard InChI is InChI=1S/C16H17BrClNO/c1-9-7-14(18)10(2)6-12(9)16(19)11-4-5-15(20-3)13(17)8-11/h4-8,16H,19H2,1-3H3. The Morgan fingerprint density at radius 2 is 1.85 bits per heavy atom. The highest BCUT2D eigenvalue weighted by Gasteiger charge is 2.14. The second kappa shape index (κ2) is 6.17. The molecule has 2 N–H and O–H groups in total. The van der Waals surface area contributed by atoms with Crippen LogP contribution in [0.15, 0.2) is 34.8 Å². The second-order valence-corrected chi connectivity index (χ2v) is 6.09. The maximum atomic E-state index is 6.39. The fraction of sp³-hybridized carbons (Fsp3) is 0.250. The van der Waals surface area contributed by atoms with E-state index in [4.69, 9.17) is 22.1 Å². The maximum absolute atomic E-state index is 6.39. The molecule has 0 spiro atoms. The number of rotatable bonds is 3. The SMILES string of the molecule is COc1ccc(C(N)c2cc(C)c(Cl)cc2C)cc1Br. The summed E-state index contributed by atoms with van der Waals surface area (Å²) in [5, 5.41) is 0.773. The second-order valence-electron chi connectivity index (χ2n) is 4.83. The number of benzene rings is 2. The zero-order valence-electron chi connectivity index (χ0n) is 11.7. The molecule has 4 heteroatoms. The average Bonchev–Trinajstić information content (AvgIpc) is 2.42. The minimum atomic E-state index is -0.187. The van der Waals surface area contributed by atoms with E-state index < -0.39 is 0 Å². The fourth-order valence-electron chi connectivity index (χ4n) is 2.19. The van der Waals surface area contributed by atoms with Crippen molar-refractivity contribution in [1.82, 2.24) is 0 Å². The largest absolute Gasteiger partial charge is 0.496 e. The molecule has 1 atom stereocenters. The number of hydrogen-bond donors (Lipinski definition) is 1. The quantitative estimate of drug-likeness (QED) is 0.861. The van der Waals surface area contributed by atoms with Gasteiger partial charge in [0, 0.05) is 5.02 Å². The van der Waals surface area contributed by atoms with Crippen LogP contribution in [0.3, 0.4) is 0 Å². The molecule has 2 aromatic carbocycles. The van der Waals surface area contributed by atoms with Crippen LogP contribution in [0.4, 0.5) is 0 Å². The van der Waals surface area contributed by atoms with Gasteiger partial charge in [0.1, 0.15) is 5.75 Å². The lowest BCUT2D eigenvalue weighted by Crippen LogP contribution is -2.13. The van der Waals surface area contributed by atoms with E-state index in [2.05, 4.69) is 22.0 Å². The van der Waals surface area contributed by atoms with Gasteiger partial charge in [-0.1, -0.05) is 23.7 Å². The van der Waals surface area contributed by atoms with Crippen molar-refractivity contribution in [3.05, 3.63) is 62.1 Å². The Bertz CT molecular complexity index is 643. The van der Waals surface area contributed by atoms with Crippen molar-refractivity contribution in [1.29, 1.82) is 0 Å². The highest BCUT2D eigenvalue weighted by molar-refractivity contribution is 9.10. The molecule has 0 aromatic heterocycles. The van der Waals surface area contributed by atoms with Crippen LogP contribution in [0.5, 0.6) is 5.75 Å². The van der Waals surface area contributed by atoms with Crippen LogP contribution in [0.1, 0.15) is 28.3 Å². The molecule has 0 saturated heterocycles. The fourth-order valence-corrected chi connectivity index (χ4v) is 2.97. The summed E-state index contributed by atoms with van der Waals surface area (Å²) in [6, 6.07) is 9.72. The highest BCUT2D eigenvalue weighted by Crippen LogP contribution is 2.32. The molecule has 0 aliphatic rings. The lowest BCUT2D eigenvalue weighted by atomic mass is 9.94. The van der Waals surface area contributed by atoms with Gasteiger partial charge in [0.2, 0.25) is 0 Å². The van der Waals surface area contributed by atoms with Crippen LogP contribution in [-0.2, 0) is 0 Å². The van der Waals surface area contributed by atoms with Gasteiger partial charge < -0.3 is 10.5 Å². The van der Waals surface area contributed by atoms with Crippen LogP contribution in [0, 0.1) is 13.8 Å². The van der Waals surface area contributed by atoms with E-state index in [-0.39, 0.29) is 6.04 Å². The van der Waals surface area contributed by atoms with Crippen LogP contribution in [-0.4, -0.2) is 7.11 Å². The molecule has 20 heavy (non-hydrogen) atoms. The van der Waals surface area contributed by atoms with E-state index in [1.807, 2.05) is 38.1 Å². The monoisotopic (exact) mass is 353 g/mol. The lowest BCUT2D eigenvalue weighted by molar-refractivity contribution is 0.412. The molecule has 2 aromatic rings. The van der Waals surface area contributed by atoms with Crippen molar-refractivity contribution < 1.29 is 4.74 Å². The summed E-state index contributed by atoms with van der Waals surface area (Å²) < 4.78 is 6.14. The van der Waals surface area contributed by atoms with Crippen LogP contribution in [0.25, 0.3) is 0 Å². The first kappa shape index (κ1) is 15.4. The number of hydrogen-bond acceptors (Lipinski definition) is 2. The molecule has 2 nitrogen and oxygen atoms in total. The zero-order chi connectivity index (χ0) is 14.9. The molecule has 0 aliphatic carbocycles. The lowest BCUT2D eigenvalue weighted by Gasteiger charge is -2.18. The molecule has 0 amide bonds. The van der Waals surface area contributed by atoms with Gasteiger partial charge in [-0.2, -0.15) is 0 Å². The van der Waals surface area contributed by atoms with Crippen molar-refractivity contribution in [2.75, 3.05) is 7.11 Å². The first-order chi connectivity index (χ1) is 9.43. The van der Waals surface area contributed by atoms with Gasteiger partial charge in [-0.05, 0) is 70.2 Å². The van der Waals surface area contributed by atoms with Crippen molar-refractivity contribution in [3.63, 3.8) is 0 Å². The van der Waals surface area contributed by atoms with E-state index in [1.165, 1.54) is 0 Å². The molecule has 1 unspecified atom stereocenters. The summed E-state index contributed by atoms with van der Waals surface area (Å²) in [6.45, 7) is 4.01. The molecular weight excluding hydrogens is 338 g/mol. The van der Waals surface area contributed by atoms with Crippen molar-refractivity contribution in [2.45, 2.75) is 19.9 Å². The van der Waals surface area contributed by atoms with E-state index in [0.717, 1.165) is 37.5 Å². The number of aryl methyl sites for hydroxylation is 2. The van der Waals surface area contributed by atoms with Crippen LogP contribution < -0.4 is 10.5 Å². The summed E-state index contributed by atoms with van der Waals surface area (Å²) in [7, 11) is 1.65. The van der Waals surface area contributed by atoms with Gasteiger partial charge in [0.05, 0.1) is 17.6 Å². The predicted octanol–water partition coefficient (Wildman–Crippen LogP) is 4.78. The van der Waals surface area contributed by atoms with E-state index in [0.29, 0.717) is 0 Å².